The summed E-state index contributed by atoms with van der Waals surface area (Å²) < 4.78 is 24.8. The average Bonchev–Trinajstić information content (AvgIpc) is 0.948. The number of likely N-dealkylation sites (N-methyl/N-ethyl adjacent to an activating group) is 2. The van der Waals surface area contributed by atoms with Gasteiger partial charge in [0.1, 0.15) is 0 Å². The van der Waals surface area contributed by atoms with Gasteiger partial charge in [-0.05, 0) is 109 Å². The van der Waals surface area contributed by atoms with Crippen LogP contribution in [0.25, 0.3) is 0 Å². The van der Waals surface area contributed by atoms with Crippen molar-refractivity contribution in [2.24, 2.45) is 23.7 Å². The van der Waals surface area contributed by atoms with E-state index in [4.69, 9.17) is 18.9 Å². The molecule has 0 aliphatic carbocycles. The van der Waals surface area contributed by atoms with Crippen molar-refractivity contribution in [2.75, 3.05) is 106 Å². The minimum atomic E-state index is -0.117. The Balaban J connectivity index is 6.33. The summed E-state index contributed by atoms with van der Waals surface area (Å²) in [5, 5.41) is 0. The highest BCUT2D eigenvalue weighted by atomic mass is 16.5. The van der Waals surface area contributed by atoms with E-state index in [1.165, 1.54) is 360 Å². The Morgan fingerprint density at radius 2 is 0.336 bits per heavy atom. The van der Waals surface area contributed by atoms with Crippen molar-refractivity contribution in [3.8, 4) is 0 Å². The van der Waals surface area contributed by atoms with Crippen molar-refractivity contribution in [3.63, 3.8) is 0 Å². The highest BCUT2D eigenvalue weighted by Crippen LogP contribution is 2.26. The molecule has 0 bridgehead atoms. The van der Waals surface area contributed by atoms with Gasteiger partial charge in [0.25, 0.3) is 0 Å². The number of unbranched alkanes of at least 4 members (excludes halogenated alkanes) is 48. The maximum absolute atomic E-state index is 13.8. The molecule has 672 valence electrons. The monoisotopic (exact) mass is 1600 g/mol. The fourth-order valence-corrected chi connectivity index (χ4v) is 16.6. The molecule has 0 fully saturated rings. The molecule has 0 aliphatic rings. The second kappa shape index (κ2) is 89.0. The molecular formula is C101H200N4O8. The van der Waals surface area contributed by atoms with E-state index in [0.717, 1.165) is 97.1 Å². The lowest BCUT2D eigenvalue weighted by Gasteiger charge is -2.27. The van der Waals surface area contributed by atoms with Crippen LogP contribution < -0.4 is 0 Å². The van der Waals surface area contributed by atoms with Crippen LogP contribution in [0.15, 0.2) is 0 Å². The van der Waals surface area contributed by atoms with E-state index in [9.17, 15) is 19.2 Å². The molecule has 0 aliphatic heterocycles. The summed E-state index contributed by atoms with van der Waals surface area (Å²) in [4.78, 5) is 64.6. The lowest BCUT2D eigenvalue weighted by Crippen LogP contribution is -2.38. The fourth-order valence-electron chi connectivity index (χ4n) is 16.6. The minimum absolute atomic E-state index is 0.117. The smallest absolute Gasteiger partial charge is 0.307 e. The van der Waals surface area contributed by atoms with Crippen LogP contribution in [0, 0.1) is 23.7 Å². The molecule has 0 spiro atoms. The first-order valence-corrected chi connectivity index (χ1v) is 50.8. The summed E-state index contributed by atoms with van der Waals surface area (Å²) >= 11 is 0. The van der Waals surface area contributed by atoms with E-state index in [0.29, 0.717) is 102 Å². The second-order valence-electron chi connectivity index (χ2n) is 36.1. The molecule has 12 nitrogen and oxygen atoms in total. The Morgan fingerprint density at radius 1 is 0.186 bits per heavy atom. The van der Waals surface area contributed by atoms with Gasteiger partial charge >= 0.3 is 23.9 Å². The molecule has 0 N–H and O–H groups in total. The Bertz CT molecular complexity index is 1710. The van der Waals surface area contributed by atoms with E-state index in [2.05, 4.69) is 89.1 Å². The number of nitrogens with zero attached hydrogens (tertiary/aromatic N) is 4. The molecule has 113 heavy (non-hydrogen) atoms. The third-order valence-corrected chi connectivity index (χ3v) is 24.9. The Hall–Kier alpha value is -2.28. The molecule has 0 amide bonds. The number of ether oxygens (including phenoxy) is 4. The van der Waals surface area contributed by atoms with Crippen LogP contribution in [-0.2, 0) is 38.1 Å². The molecule has 12 heteroatoms. The van der Waals surface area contributed by atoms with Crippen LogP contribution in [0.4, 0.5) is 0 Å². The topological polar surface area (TPSA) is 118 Å². The van der Waals surface area contributed by atoms with Crippen LogP contribution in [0.5, 0.6) is 0 Å². The maximum Gasteiger partial charge on any atom is 0.307 e. The predicted molar refractivity (Wildman–Crippen MR) is 490 cm³/mol. The molecule has 0 aromatic rings. The van der Waals surface area contributed by atoms with Gasteiger partial charge in [-0.3, -0.25) is 19.2 Å². The number of hydrogen-bond donors (Lipinski definition) is 0. The molecule has 4 atom stereocenters. The molecule has 0 rings (SSSR count). The molecule has 0 heterocycles. The van der Waals surface area contributed by atoms with Crippen molar-refractivity contribution < 1.29 is 38.1 Å². The van der Waals surface area contributed by atoms with E-state index in [-0.39, 0.29) is 23.9 Å². The SMILES string of the molecule is CCCCCCCCCCC(CCCCCCCC)COC(=O)CCN(CCC(=O)OCC(CCCCCCCC)CCCCCCCCCC)CCN(C)CCCN(C)CCN(CCC(=O)OCC(CCCCCCCC)CCCCCCCCCC)CCC(=O)OCC(CCCCCCCC)CCCCCCCCCC. The van der Waals surface area contributed by atoms with Crippen LogP contribution in [0.1, 0.15) is 498 Å². The highest BCUT2D eigenvalue weighted by molar-refractivity contribution is 5.71. The van der Waals surface area contributed by atoms with Gasteiger partial charge < -0.3 is 38.5 Å². The van der Waals surface area contributed by atoms with Crippen LogP contribution in [-0.4, -0.2) is 149 Å². The van der Waals surface area contributed by atoms with Gasteiger partial charge in [0.05, 0.1) is 52.1 Å². The van der Waals surface area contributed by atoms with Crippen molar-refractivity contribution in [1.82, 2.24) is 19.6 Å². The van der Waals surface area contributed by atoms with Gasteiger partial charge in [-0.15, -0.1) is 0 Å². The van der Waals surface area contributed by atoms with Crippen LogP contribution >= 0.6 is 0 Å². The van der Waals surface area contributed by atoms with Crippen molar-refractivity contribution in [3.05, 3.63) is 0 Å². The number of esters is 4. The third kappa shape index (κ3) is 80.6. The molecule has 0 saturated heterocycles. The van der Waals surface area contributed by atoms with E-state index >= 15 is 0 Å². The number of carbonyl (C=O) groups excluding carboxylic acids is 4. The van der Waals surface area contributed by atoms with E-state index < -0.39 is 0 Å². The average molecular weight is 1600 g/mol. The molecular weight excluding hydrogens is 1400 g/mol. The van der Waals surface area contributed by atoms with Crippen molar-refractivity contribution in [1.29, 1.82) is 0 Å². The summed E-state index contributed by atoms with van der Waals surface area (Å²) in [6.07, 6.45) is 83.9. The lowest BCUT2D eigenvalue weighted by atomic mass is 9.94. The second-order valence-corrected chi connectivity index (χ2v) is 36.1. The Kier molecular flexibility index (Phi) is 87.2. The number of hydrogen-bond acceptors (Lipinski definition) is 12. The highest BCUT2D eigenvalue weighted by Gasteiger charge is 2.21. The molecule has 0 aromatic carbocycles. The zero-order valence-corrected chi connectivity index (χ0v) is 78.1. The van der Waals surface area contributed by atoms with Gasteiger partial charge in [-0.25, -0.2) is 0 Å². The molecule has 0 saturated carbocycles. The number of rotatable bonds is 94. The largest absolute Gasteiger partial charge is 0.465 e. The van der Waals surface area contributed by atoms with Crippen molar-refractivity contribution in [2.45, 2.75) is 498 Å². The summed E-state index contributed by atoms with van der Waals surface area (Å²) in [6.45, 7) is 27.6. The van der Waals surface area contributed by atoms with Gasteiger partial charge in [-0.1, -0.05) is 415 Å². The van der Waals surface area contributed by atoms with Gasteiger partial charge in [0.2, 0.25) is 0 Å². The summed E-state index contributed by atoms with van der Waals surface area (Å²) in [5.41, 5.74) is 0. The molecule has 0 radical (unpaired) electrons. The quantitative estimate of drug-likeness (QED) is 0.0328. The van der Waals surface area contributed by atoms with Gasteiger partial charge in [0, 0.05) is 52.4 Å². The number of carbonyl (C=O) groups is 4. The Morgan fingerprint density at radius 3 is 0.496 bits per heavy atom. The van der Waals surface area contributed by atoms with Crippen LogP contribution in [0.2, 0.25) is 0 Å². The summed E-state index contributed by atoms with van der Waals surface area (Å²) in [5.74, 6) is 1.21. The first kappa shape index (κ1) is 111. The summed E-state index contributed by atoms with van der Waals surface area (Å²) in [7, 11) is 4.40. The first-order chi connectivity index (χ1) is 55.4. The lowest BCUT2D eigenvalue weighted by molar-refractivity contribution is -0.147. The van der Waals surface area contributed by atoms with E-state index in [1.807, 2.05) is 0 Å². The molecule has 0 aromatic heterocycles. The van der Waals surface area contributed by atoms with Gasteiger partial charge in [-0.2, -0.15) is 0 Å². The third-order valence-electron chi connectivity index (χ3n) is 24.9. The Labute approximate surface area is 705 Å². The van der Waals surface area contributed by atoms with Crippen LogP contribution in [0.3, 0.4) is 0 Å². The maximum atomic E-state index is 13.8. The predicted octanol–water partition coefficient (Wildman–Crippen LogP) is 29.2. The van der Waals surface area contributed by atoms with E-state index in [1.54, 1.807) is 0 Å². The van der Waals surface area contributed by atoms with Gasteiger partial charge in [0.15, 0.2) is 0 Å². The van der Waals surface area contributed by atoms with Crippen molar-refractivity contribution >= 4 is 23.9 Å². The normalized spacial score (nSPS) is 12.9. The summed E-state index contributed by atoms with van der Waals surface area (Å²) in [6, 6.07) is 0. The standard InChI is InChI=1S/C101H200N4O8/c1-11-19-27-35-43-47-55-63-72-94(68-59-51-39-31-23-15-5)90-110-98(106)76-82-104(83-77-99(107)111-91-95(69-60-52-40-32-24-16-6)73-64-56-48-44-36-28-20-12-2)88-86-102(9)80-67-81-103(10)87-89-105(84-78-100(108)112-92-96(70-61-53-41-33-25-17-7)74-65-57-49-45-37-29-21-13-3)85-79-101(109)113-93-97(71-62-54-42-34-26-18-8)75-66-58-50-46-38-30-22-14-4/h94-97H,11-93H2,1-10H3. The minimum Gasteiger partial charge on any atom is -0.465 e. The zero-order valence-electron chi connectivity index (χ0n) is 78.1. The first-order valence-electron chi connectivity index (χ1n) is 50.8. The zero-order chi connectivity index (χ0) is 82.4. The molecule has 4 unspecified atom stereocenters. The fraction of sp³-hybridized carbons (Fsp3) is 0.960.